The molecule has 1 aliphatic rings. The van der Waals surface area contributed by atoms with Gasteiger partial charge in [0.05, 0.1) is 23.4 Å². The number of carbonyl (C=O) groups is 2. The number of nitrogens with zero attached hydrogens (tertiary/aromatic N) is 7. The molecule has 0 spiro atoms. The van der Waals surface area contributed by atoms with E-state index in [1.165, 1.54) is 55.0 Å². The molecule has 4 rings (SSSR count). The summed E-state index contributed by atoms with van der Waals surface area (Å²) in [5.41, 5.74) is -3.36. The molecule has 2 aromatic heterocycles. The predicted octanol–water partition coefficient (Wildman–Crippen LogP) is 5.78. The summed E-state index contributed by atoms with van der Waals surface area (Å²) in [6, 6.07) is 0.370. The van der Waals surface area contributed by atoms with Gasteiger partial charge in [-0.05, 0) is 50.5 Å². The maximum atomic E-state index is 13.7. The second-order valence-corrected chi connectivity index (χ2v) is 11.9. The molecule has 250 valence electrons. The van der Waals surface area contributed by atoms with Crippen molar-refractivity contribution in [1.29, 1.82) is 0 Å². The Balaban J connectivity index is 1.72. The lowest BCUT2D eigenvalue weighted by atomic mass is 10.0. The average molecular weight is 656 g/mol. The van der Waals surface area contributed by atoms with E-state index in [1.807, 2.05) is 6.92 Å². The fourth-order valence-corrected chi connectivity index (χ4v) is 5.45. The summed E-state index contributed by atoms with van der Waals surface area (Å²) >= 11 is 0. The summed E-state index contributed by atoms with van der Waals surface area (Å²) in [6.07, 6.45) is -3.81. The van der Waals surface area contributed by atoms with Crippen molar-refractivity contribution >= 4 is 17.9 Å². The molecule has 1 aromatic carbocycles. The van der Waals surface area contributed by atoms with Gasteiger partial charge in [0.15, 0.2) is 5.60 Å². The van der Waals surface area contributed by atoms with Gasteiger partial charge in [-0.2, -0.15) is 31.4 Å². The molecule has 3 heterocycles. The van der Waals surface area contributed by atoms with Crippen LogP contribution in [0.3, 0.4) is 0 Å². The number of amides is 2. The van der Waals surface area contributed by atoms with Crippen LogP contribution >= 0.6 is 0 Å². The molecule has 0 bridgehead atoms. The number of alkyl halides is 6. The second kappa shape index (κ2) is 12.8. The largest absolute Gasteiger partial charge is 0.433 e. The molecule has 0 saturated carbocycles. The molecule has 0 unspecified atom stereocenters. The van der Waals surface area contributed by atoms with E-state index >= 15 is 0 Å². The molecule has 0 aliphatic carbocycles. The molecule has 1 fully saturated rings. The third kappa shape index (κ3) is 7.70. The van der Waals surface area contributed by atoms with Crippen LogP contribution in [-0.2, 0) is 35.5 Å². The van der Waals surface area contributed by atoms with Crippen molar-refractivity contribution in [2.24, 2.45) is 7.05 Å². The van der Waals surface area contributed by atoms with Crippen LogP contribution in [0.4, 0.5) is 37.1 Å². The number of anilines is 1. The normalized spacial score (nSPS) is 17.3. The first-order chi connectivity index (χ1) is 21.3. The Kier molecular flexibility index (Phi) is 9.59. The number of aromatic nitrogens is 4. The molecule has 3 aromatic rings. The molecule has 2 atom stereocenters. The summed E-state index contributed by atoms with van der Waals surface area (Å²) in [5.74, 6) is -0.407. The van der Waals surface area contributed by atoms with Crippen molar-refractivity contribution in [1.82, 2.24) is 29.5 Å². The van der Waals surface area contributed by atoms with Gasteiger partial charge in [0, 0.05) is 70.0 Å². The third-order valence-electron chi connectivity index (χ3n) is 7.74. The monoisotopic (exact) mass is 655 g/mol. The molecule has 10 nitrogen and oxygen atoms in total. The van der Waals surface area contributed by atoms with Crippen molar-refractivity contribution in [3.05, 3.63) is 59.7 Å². The highest BCUT2D eigenvalue weighted by Gasteiger charge is 2.43. The lowest BCUT2D eigenvalue weighted by Crippen LogP contribution is -2.48. The number of ether oxygens (including phenoxy) is 1. The van der Waals surface area contributed by atoms with Gasteiger partial charge in [-0.15, -0.1) is 0 Å². The molecular formula is C30H35F6N7O3. The minimum atomic E-state index is -5.03. The Morgan fingerprint density at radius 1 is 0.957 bits per heavy atom. The Morgan fingerprint density at radius 2 is 1.54 bits per heavy atom. The van der Waals surface area contributed by atoms with Crippen LogP contribution < -0.4 is 4.90 Å². The van der Waals surface area contributed by atoms with Gasteiger partial charge in [-0.3, -0.25) is 9.48 Å². The van der Waals surface area contributed by atoms with Crippen LogP contribution in [0.5, 0.6) is 0 Å². The van der Waals surface area contributed by atoms with E-state index in [-0.39, 0.29) is 30.5 Å². The number of likely N-dealkylation sites (N-methyl/N-ethyl adjacent to an activating group) is 1. The summed E-state index contributed by atoms with van der Waals surface area (Å²) in [7, 11) is 4.77. The van der Waals surface area contributed by atoms with Crippen LogP contribution in [0.2, 0.25) is 0 Å². The first-order valence-electron chi connectivity index (χ1n) is 14.4. The van der Waals surface area contributed by atoms with Crippen LogP contribution in [-0.4, -0.2) is 79.9 Å². The summed E-state index contributed by atoms with van der Waals surface area (Å²) < 4.78 is 89.3. The van der Waals surface area contributed by atoms with Crippen LogP contribution in [0.1, 0.15) is 50.3 Å². The number of halogens is 6. The quantitative estimate of drug-likeness (QED) is 0.284. The number of carbonyl (C=O) groups excluding carboxylic acids is 2. The van der Waals surface area contributed by atoms with Crippen LogP contribution in [0, 0.1) is 0 Å². The summed E-state index contributed by atoms with van der Waals surface area (Å²) in [5, 5.41) is 4.11. The van der Waals surface area contributed by atoms with Gasteiger partial charge in [-0.25, -0.2) is 14.8 Å². The molecule has 1 aliphatic heterocycles. The fraction of sp³-hybridized carbons (Fsp3) is 0.500. The zero-order valence-electron chi connectivity index (χ0n) is 26.1. The minimum Gasteiger partial charge on any atom is -0.433 e. The van der Waals surface area contributed by atoms with Crippen LogP contribution in [0.25, 0.3) is 11.1 Å². The van der Waals surface area contributed by atoms with Gasteiger partial charge in [0.2, 0.25) is 5.95 Å². The van der Waals surface area contributed by atoms with Crippen molar-refractivity contribution in [2.45, 2.75) is 70.2 Å². The Labute approximate surface area is 261 Å². The molecule has 46 heavy (non-hydrogen) atoms. The van der Waals surface area contributed by atoms with Crippen molar-refractivity contribution < 1.29 is 40.7 Å². The standard InChI is InChI=1S/C30H35F6N7O3/c1-7-23-11-24(17-43(23)27(45)46-28(2,3)25(44)40(4)5)42(26-37-12-19(13-38-26)20-14-39-41(6)16-20)15-18-8-21(29(31,32)33)10-22(9-18)30(34,35)36/h8-10,12-14,16,23-24H,7,11,15,17H2,1-6H3/t23-,24+/m1/s1. The molecule has 1 saturated heterocycles. The molecule has 0 N–H and O–H groups in total. The predicted molar refractivity (Wildman–Crippen MR) is 155 cm³/mol. The van der Waals surface area contributed by atoms with Gasteiger partial charge in [0.1, 0.15) is 0 Å². The molecule has 0 radical (unpaired) electrons. The van der Waals surface area contributed by atoms with Crippen LogP contribution in [0.15, 0.2) is 43.0 Å². The topological polar surface area (TPSA) is 96.7 Å². The maximum absolute atomic E-state index is 13.7. The van der Waals surface area contributed by atoms with Crippen molar-refractivity contribution in [3.8, 4) is 11.1 Å². The number of hydrogen-bond acceptors (Lipinski definition) is 7. The highest BCUT2D eigenvalue weighted by molar-refractivity contribution is 5.86. The molecular weight excluding hydrogens is 620 g/mol. The number of hydrogen-bond donors (Lipinski definition) is 0. The Bertz CT molecular complexity index is 1520. The highest BCUT2D eigenvalue weighted by Crippen LogP contribution is 2.38. The third-order valence-corrected chi connectivity index (χ3v) is 7.74. The van der Waals surface area contributed by atoms with Gasteiger partial charge >= 0.3 is 18.4 Å². The van der Waals surface area contributed by atoms with E-state index in [0.717, 1.165) is 0 Å². The van der Waals surface area contributed by atoms with E-state index < -0.39 is 59.7 Å². The Hall–Kier alpha value is -4.37. The lowest BCUT2D eigenvalue weighted by molar-refractivity contribution is -0.146. The van der Waals surface area contributed by atoms with Gasteiger partial charge in [0.25, 0.3) is 5.91 Å². The lowest BCUT2D eigenvalue weighted by Gasteiger charge is -2.32. The number of likely N-dealkylation sites (tertiary alicyclic amines) is 1. The highest BCUT2D eigenvalue weighted by atomic mass is 19.4. The average Bonchev–Trinajstić information content (AvgIpc) is 3.61. The van der Waals surface area contributed by atoms with E-state index in [1.54, 1.807) is 24.1 Å². The summed E-state index contributed by atoms with van der Waals surface area (Å²) in [4.78, 5) is 39.0. The van der Waals surface area contributed by atoms with E-state index in [4.69, 9.17) is 4.74 Å². The first-order valence-corrected chi connectivity index (χ1v) is 14.4. The smallest absolute Gasteiger partial charge is 0.416 e. The van der Waals surface area contributed by atoms with Crippen molar-refractivity contribution in [3.63, 3.8) is 0 Å². The van der Waals surface area contributed by atoms with E-state index in [2.05, 4.69) is 15.1 Å². The number of benzene rings is 1. The maximum Gasteiger partial charge on any atom is 0.416 e. The second-order valence-electron chi connectivity index (χ2n) is 11.9. The van der Waals surface area contributed by atoms with Gasteiger partial charge < -0.3 is 19.4 Å². The SMILES string of the molecule is CC[C@@H]1C[C@H](N(Cc2cc(C(F)(F)F)cc(C(F)(F)F)c2)c2ncc(-c3cnn(C)c3)cn2)CN1C(=O)OC(C)(C)C(=O)N(C)C. The molecule has 16 heteroatoms. The van der Waals surface area contributed by atoms with E-state index in [0.29, 0.717) is 29.7 Å². The number of aryl methyl sites for hydroxylation is 1. The zero-order chi connectivity index (χ0) is 34.2. The van der Waals surface area contributed by atoms with E-state index in [9.17, 15) is 35.9 Å². The fourth-order valence-electron chi connectivity index (χ4n) is 5.45. The Morgan fingerprint density at radius 3 is 2.02 bits per heavy atom. The first kappa shape index (κ1) is 34.5. The zero-order valence-corrected chi connectivity index (χ0v) is 26.1. The van der Waals surface area contributed by atoms with Crippen molar-refractivity contribution in [2.75, 3.05) is 25.5 Å². The summed E-state index contributed by atoms with van der Waals surface area (Å²) in [6.45, 7) is 4.31. The number of rotatable bonds is 8. The molecule has 2 amide bonds. The minimum absolute atomic E-state index is 0.0115. The van der Waals surface area contributed by atoms with Gasteiger partial charge in [-0.1, -0.05) is 6.92 Å².